The van der Waals surface area contributed by atoms with Crippen molar-refractivity contribution in [3.8, 4) is 0 Å². The van der Waals surface area contributed by atoms with Gasteiger partial charge in [-0.1, -0.05) is 6.92 Å². The number of H-pyrrole nitrogens is 1. The van der Waals surface area contributed by atoms with Gasteiger partial charge in [0.1, 0.15) is 11.3 Å². The topological polar surface area (TPSA) is 45.8 Å². The van der Waals surface area contributed by atoms with E-state index in [9.17, 15) is 9.18 Å². The molecular formula is C11H10BrFN2O. The number of nitrogens with one attached hydrogen (secondary N) is 1. The van der Waals surface area contributed by atoms with Crippen molar-refractivity contribution in [1.82, 2.24) is 9.97 Å². The van der Waals surface area contributed by atoms with E-state index in [-0.39, 0.29) is 17.7 Å². The molecule has 0 aliphatic heterocycles. The number of pyridine rings is 1. The number of ketones is 1. The van der Waals surface area contributed by atoms with Gasteiger partial charge in [-0.3, -0.25) is 9.78 Å². The number of carbonyl (C=O) groups is 1. The van der Waals surface area contributed by atoms with Crippen molar-refractivity contribution in [3.63, 3.8) is 0 Å². The number of fused-ring (bicyclic) bond motifs is 1. The van der Waals surface area contributed by atoms with Gasteiger partial charge in [0, 0.05) is 23.5 Å². The minimum absolute atomic E-state index is 0.00419. The summed E-state index contributed by atoms with van der Waals surface area (Å²) in [6.45, 7) is 1.76. The Hall–Kier alpha value is -1.23. The van der Waals surface area contributed by atoms with Crippen LogP contribution in [0.4, 0.5) is 4.39 Å². The molecule has 0 aliphatic rings. The Morgan fingerprint density at radius 3 is 3.06 bits per heavy atom. The van der Waals surface area contributed by atoms with E-state index >= 15 is 0 Å². The molecular weight excluding hydrogens is 275 g/mol. The molecule has 0 radical (unpaired) electrons. The Bertz CT molecular complexity index is 550. The highest BCUT2D eigenvalue weighted by molar-refractivity contribution is 9.10. The highest BCUT2D eigenvalue weighted by atomic mass is 79.9. The third-order valence-corrected chi connectivity index (χ3v) is 2.81. The first-order valence-corrected chi connectivity index (χ1v) is 5.74. The lowest BCUT2D eigenvalue weighted by Crippen LogP contribution is -2.02. The van der Waals surface area contributed by atoms with Crippen molar-refractivity contribution < 1.29 is 9.18 Å². The number of hydrogen-bond acceptors (Lipinski definition) is 2. The Morgan fingerprint density at radius 1 is 1.62 bits per heavy atom. The zero-order valence-corrected chi connectivity index (χ0v) is 10.3. The number of aromatic amines is 1. The standard InChI is InChI=1S/C11H10BrFN2O/c1-2-7(16)4-8-10(13)11-9(15-8)3-6(12)5-14-11/h3,5,15H,2,4H2,1H3. The zero-order valence-electron chi connectivity index (χ0n) is 8.68. The van der Waals surface area contributed by atoms with Gasteiger partial charge in [-0.05, 0) is 22.0 Å². The SMILES string of the molecule is CCC(=O)Cc1[nH]c2cc(Br)cnc2c1F. The number of hydrogen-bond donors (Lipinski definition) is 1. The Kier molecular flexibility index (Phi) is 3.05. The van der Waals surface area contributed by atoms with E-state index < -0.39 is 5.82 Å². The fraction of sp³-hybridized carbons (Fsp3) is 0.273. The number of aromatic nitrogens is 2. The minimum atomic E-state index is -0.427. The predicted molar refractivity (Wildman–Crippen MR) is 62.8 cm³/mol. The number of rotatable bonds is 3. The monoisotopic (exact) mass is 284 g/mol. The van der Waals surface area contributed by atoms with Gasteiger partial charge >= 0.3 is 0 Å². The van der Waals surface area contributed by atoms with Crippen LogP contribution in [-0.2, 0) is 11.2 Å². The molecule has 16 heavy (non-hydrogen) atoms. The van der Waals surface area contributed by atoms with Crippen LogP contribution in [0.2, 0.25) is 0 Å². The number of nitrogens with zero attached hydrogens (tertiary/aromatic N) is 1. The third-order valence-electron chi connectivity index (χ3n) is 2.38. The summed E-state index contributed by atoms with van der Waals surface area (Å²) in [5, 5.41) is 0. The molecule has 2 heterocycles. The molecule has 0 bridgehead atoms. The molecule has 3 nitrogen and oxygen atoms in total. The number of halogens is 2. The van der Waals surface area contributed by atoms with E-state index in [1.165, 1.54) is 6.20 Å². The van der Waals surface area contributed by atoms with Crippen LogP contribution in [0.15, 0.2) is 16.7 Å². The lowest BCUT2D eigenvalue weighted by Gasteiger charge is -1.94. The molecule has 0 fully saturated rings. The fourth-order valence-electron chi connectivity index (χ4n) is 1.51. The zero-order chi connectivity index (χ0) is 11.7. The molecule has 0 aliphatic carbocycles. The average molecular weight is 285 g/mol. The van der Waals surface area contributed by atoms with Crippen LogP contribution in [0.5, 0.6) is 0 Å². The second-order valence-corrected chi connectivity index (χ2v) is 4.45. The quantitative estimate of drug-likeness (QED) is 0.942. The second kappa shape index (κ2) is 4.33. The summed E-state index contributed by atoms with van der Waals surface area (Å²) in [4.78, 5) is 18.1. The van der Waals surface area contributed by atoms with Gasteiger partial charge < -0.3 is 4.98 Å². The van der Waals surface area contributed by atoms with Gasteiger partial charge in [-0.2, -0.15) is 0 Å². The third kappa shape index (κ3) is 2.00. The molecule has 2 aromatic heterocycles. The van der Waals surface area contributed by atoms with Crippen molar-refractivity contribution in [2.45, 2.75) is 19.8 Å². The largest absolute Gasteiger partial charge is 0.354 e. The molecule has 2 rings (SSSR count). The van der Waals surface area contributed by atoms with E-state index in [1.54, 1.807) is 13.0 Å². The molecule has 0 amide bonds. The first-order chi connectivity index (χ1) is 7.61. The van der Waals surface area contributed by atoms with Crippen molar-refractivity contribution in [3.05, 3.63) is 28.2 Å². The highest BCUT2D eigenvalue weighted by Crippen LogP contribution is 2.22. The smallest absolute Gasteiger partial charge is 0.170 e. The van der Waals surface area contributed by atoms with Crippen LogP contribution < -0.4 is 0 Å². The molecule has 5 heteroatoms. The van der Waals surface area contributed by atoms with Crippen LogP contribution in [0.3, 0.4) is 0 Å². The van der Waals surface area contributed by atoms with Crippen LogP contribution >= 0.6 is 15.9 Å². The summed E-state index contributed by atoms with van der Waals surface area (Å²) >= 11 is 3.26. The Labute approximate surface area is 100 Å². The average Bonchev–Trinajstić information content (AvgIpc) is 2.55. The maximum absolute atomic E-state index is 13.8. The van der Waals surface area contributed by atoms with E-state index in [4.69, 9.17) is 0 Å². The minimum Gasteiger partial charge on any atom is -0.354 e. The molecule has 0 saturated carbocycles. The maximum Gasteiger partial charge on any atom is 0.170 e. The summed E-state index contributed by atoms with van der Waals surface area (Å²) in [5.74, 6) is -0.422. The Balaban J connectivity index is 2.47. The van der Waals surface area contributed by atoms with Crippen molar-refractivity contribution in [2.24, 2.45) is 0 Å². The van der Waals surface area contributed by atoms with Crippen molar-refractivity contribution in [2.75, 3.05) is 0 Å². The summed E-state index contributed by atoms with van der Waals surface area (Å²) in [7, 11) is 0. The molecule has 0 atom stereocenters. The van der Waals surface area contributed by atoms with E-state index in [0.717, 1.165) is 4.47 Å². The molecule has 1 N–H and O–H groups in total. The molecule has 84 valence electrons. The van der Waals surface area contributed by atoms with Gasteiger partial charge in [0.25, 0.3) is 0 Å². The van der Waals surface area contributed by atoms with Crippen LogP contribution in [0.25, 0.3) is 11.0 Å². The highest BCUT2D eigenvalue weighted by Gasteiger charge is 2.14. The van der Waals surface area contributed by atoms with Gasteiger partial charge in [0.05, 0.1) is 11.2 Å². The summed E-state index contributed by atoms with van der Waals surface area (Å²) in [6.07, 6.45) is 2.03. The molecule has 2 aromatic rings. The predicted octanol–water partition coefficient (Wildman–Crippen LogP) is 2.99. The second-order valence-electron chi connectivity index (χ2n) is 3.54. The molecule has 0 spiro atoms. The lowest BCUT2D eigenvalue weighted by molar-refractivity contribution is -0.118. The molecule has 0 saturated heterocycles. The maximum atomic E-state index is 13.8. The van der Waals surface area contributed by atoms with Crippen LogP contribution in [0.1, 0.15) is 19.0 Å². The van der Waals surface area contributed by atoms with Crippen molar-refractivity contribution >= 4 is 32.7 Å². The van der Waals surface area contributed by atoms with Gasteiger partial charge in [-0.25, -0.2) is 4.39 Å². The first-order valence-electron chi connectivity index (χ1n) is 4.95. The number of Topliss-reactive ketones (excluding diaryl/α,β-unsaturated/α-hetero) is 1. The van der Waals surface area contributed by atoms with Crippen molar-refractivity contribution in [1.29, 1.82) is 0 Å². The lowest BCUT2D eigenvalue weighted by atomic mass is 10.2. The van der Waals surface area contributed by atoms with Crippen LogP contribution in [-0.4, -0.2) is 15.8 Å². The van der Waals surface area contributed by atoms with Gasteiger partial charge in [0.2, 0.25) is 0 Å². The van der Waals surface area contributed by atoms with Crippen LogP contribution in [0, 0.1) is 5.82 Å². The van der Waals surface area contributed by atoms with E-state index in [0.29, 0.717) is 17.6 Å². The molecule has 0 aromatic carbocycles. The summed E-state index contributed by atoms with van der Waals surface area (Å²) in [5.41, 5.74) is 1.19. The summed E-state index contributed by atoms with van der Waals surface area (Å²) in [6, 6.07) is 1.74. The van der Waals surface area contributed by atoms with E-state index in [1.807, 2.05) is 0 Å². The first kappa shape index (κ1) is 11.3. The van der Waals surface area contributed by atoms with Gasteiger partial charge in [0.15, 0.2) is 5.82 Å². The Morgan fingerprint density at radius 2 is 2.38 bits per heavy atom. The number of carbonyl (C=O) groups excluding carboxylic acids is 1. The van der Waals surface area contributed by atoms with Gasteiger partial charge in [-0.15, -0.1) is 0 Å². The molecule has 0 unspecified atom stereocenters. The fourth-order valence-corrected chi connectivity index (χ4v) is 1.85. The normalized spacial score (nSPS) is 10.9. The summed E-state index contributed by atoms with van der Waals surface area (Å²) < 4.78 is 14.6. The van der Waals surface area contributed by atoms with E-state index in [2.05, 4.69) is 25.9 Å².